The molecular formula is C10H7F2N3OS. The van der Waals surface area contributed by atoms with Crippen molar-refractivity contribution in [2.75, 3.05) is 5.32 Å². The van der Waals surface area contributed by atoms with E-state index in [0.717, 1.165) is 17.6 Å². The lowest BCUT2D eigenvalue weighted by Crippen LogP contribution is -2.13. The SMILES string of the molecule is Cc1cc(C(=O)Nc2cnns2)c(F)cc1F. The van der Waals surface area contributed by atoms with Crippen molar-refractivity contribution in [3.63, 3.8) is 0 Å². The number of hydrogen-bond donors (Lipinski definition) is 1. The van der Waals surface area contributed by atoms with Gasteiger partial charge in [-0.25, -0.2) is 8.78 Å². The van der Waals surface area contributed by atoms with Crippen molar-refractivity contribution in [2.45, 2.75) is 6.92 Å². The zero-order chi connectivity index (χ0) is 12.4. The molecule has 0 spiro atoms. The molecule has 1 N–H and O–H groups in total. The van der Waals surface area contributed by atoms with Crippen LogP contribution in [-0.2, 0) is 0 Å². The van der Waals surface area contributed by atoms with E-state index in [0.29, 0.717) is 11.1 Å². The fourth-order valence-corrected chi connectivity index (χ4v) is 1.65. The number of amides is 1. The number of halogens is 2. The van der Waals surface area contributed by atoms with Crippen molar-refractivity contribution in [3.8, 4) is 0 Å². The molecule has 0 saturated heterocycles. The topological polar surface area (TPSA) is 54.9 Å². The number of carbonyl (C=O) groups excluding carboxylic acids is 1. The van der Waals surface area contributed by atoms with Gasteiger partial charge in [-0.2, -0.15) is 0 Å². The van der Waals surface area contributed by atoms with Crippen LogP contribution in [0, 0.1) is 18.6 Å². The zero-order valence-electron chi connectivity index (χ0n) is 8.70. The highest BCUT2D eigenvalue weighted by Gasteiger charge is 2.15. The summed E-state index contributed by atoms with van der Waals surface area (Å²) in [4.78, 5) is 11.7. The molecule has 0 fully saturated rings. The summed E-state index contributed by atoms with van der Waals surface area (Å²) < 4.78 is 29.9. The minimum atomic E-state index is -0.900. The third-order valence-corrected chi connectivity index (χ3v) is 2.67. The average Bonchev–Trinajstić information content (AvgIpc) is 2.76. The lowest BCUT2D eigenvalue weighted by molar-refractivity contribution is 0.102. The molecule has 1 aromatic heterocycles. The summed E-state index contributed by atoms with van der Waals surface area (Å²) in [6, 6.07) is 1.85. The van der Waals surface area contributed by atoms with Gasteiger partial charge in [-0.15, -0.1) is 5.10 Å². The highest BCUT2D eigenvalue weighted by molar-refractivity contribution is 7.10. The second-order valence-corrected chi connectivity index (χ2v) is 4.10. The summed E-state index contributed by atoms with van der Waals surface area (Å²) in [5, 5.41) is 6.34. The van der Waals surface area contributed by atoms with Crippen LogP contribution < -0.4 is 5.32 Å². The summed E-state index contributed by atoms with van der Waals surface area (Å²) in [7, 11) is 0. The van der Waals surface area contributed by atoms with Crippen molar-refractivity contribution in [1.82, 2.24) is 9.59 Å². The largest absolute Gasteiger partial charge is 0.311 e. The summed E-state index contributed by atoms with van der Waals surface area (Å²) in [6.45, 7) is 1.46. The van der Waals surface area contributed by atoms with Gasteiger partial charge >= 0.3 is 0 Å². The minimum Gasteiger partial charge on any atom is -0.311 e. The fraction of sp³-hybridized carbons (Fsp3) is 0.100. The maximum atomic E-state index is 13.4. The molecule has 0 aliphatic carbocycles. The van der Waals surface area contributed by atoms with E-state index < -0.39 is 17.5 Å². The van der Waals surface area contributed by atoms with Crippen molar-refractivity contribution >= 4 is 22.4 Å². The van der Waals surface area contributed by atoms with Gasteiger partial charge in [0.2, 0.25) is 0 Å². The number of rotatable bonds is 2. The molecule has 4 nitrogen and oxygen atoms in total. The highest BCUT2D eigenvalue weighted by Crippen LogP contribution is 2.17. The van der Waals surface area contributed by atoms with Gasteiger partial charge in [0.15, 0.2) is 0 Å². The number of anilines is 1. The molecule has 0 atom stereocenters. The number of hydrogen-bond acceptors (Lipinski definition) is 4. The van der Waals surface area contributed by atoms with Gasteiger partial charge in [0.05, 0.1) is 11.8 Å². The molecular weight excluding hydrogens is 248 g/mol. The number of aromatic nitrogens is 2. The van der Waals surface area contributed by atoms with E-state index in [-0.39, 0.29) is 11.1 Å². The van der Waals surface area contributed by atoms with Gasteiger partial charge in [-0.05, 0) is 18.6 Å². The van der Waals surface area contributed by atoms with E-state index in [4.69, 9.17) is 0 Å². The Kier molecular flexibility index (Phi) is 3.10. The van der Waals surface area contributed by atoms with Crippen LogP contribution in [-0.4, -0.2) is 15.5 Å². The Morgan fingerprint density at radius 2 is 2.12 bits per heavy atom. The highest BCUT2D eigenvalue weighted by atomic mass is 32.1. The molecule has 7 heteroatoms. The number of nitrogens with zero attached hydrogens (tertiary/aromatic N) is 2. The molecule has 88 valence electrons. The smallest absolute Gasteiger partial charge is 0.259 e. The van der Waals surface area contributed by atoms with Gasteiger partial charge in [-0.1, -0.05) is 4.49 Å². The molecule has 0 unspecified atom stereocenters. The van der Waals surface area contributed by atoms with Crippen LogP contribution in [0.2, 0.25) is 0 Å². The van der Waals surface area contributed by atoms with Crippen LogP contribution in [0.4, 0.5) is 13.8 Å². The first-order valence-corrected chi connectivity index (χ1v) is 5.39. The standard InChI is InChI=1S/C10H7F2N3OS/c1-5-2-6(8(12)3-7(5)11)10(16)14-9-4-13-15-17-9/h2-4H,1H3,(H,14,16). The van der Waals surface area contributed by atoms with Crippen LogP contribution in [0.25, 0.3) is 0 Å². The Hall–Kier alpha value is -1.89. The number of aryl methyl sites for hydroxylation is 1. The summed E-state index contributed by atoms with van der Waals surface area (Å²) in [5.74, 6) is -2.24. The van der Waals surface area contributed by atoms with E-state index in [1.165, 1.54) is 13.1 Å². The molecule has 2 rings (SSSR count). The van der Waals surface area contributed by atoms with Gasteiger partial charge in [0, 0.05) is 17.6 Å². The van der Waals surface area contributed by atoms with Crippen LogP contribution in [0.3, 0.4) is 0 Å². The summed E-state index contributed by atoms with van der Waals surface area (Å²) in [5.41, 5.74) is -0.00344. The molecule has 0 bridgehead atoms. The van der Waals surface area contributed by atoms with Gasteiger partial charge in [0.1, 0.15) is 16.6 Å². The molecule has 1 amide bonds. The number of carbonyl (C=O) groups is 1. The van der Waals surface area contributed by atoms with Gasteiger partial charge in [0.25, 0.3) is 5.91 Å². The molecule has 17 heavy (non-hydrogen) atoms. The van der Waals surface area contributed by atoms with Crippen molar-refractivity contribution in [2.24, 2.45) is 0 Å². The van der Waals surface area contributed by atoms with E-state index in [2.05, 4.69) is 14.9 Å². The molecule has 2 aromatic rings. The second kappa shape index (κ2) is 4.54. The Labute approximate surface area is 99.5 Å². The lowest BCUT2D eigenvalue weighted by Gasteiger charge is -2.05. The van der Waals surface area contributed by atoms with Crippen molar-refractivity contribution in [1.29, 1.82) is 0 Å². The average molecular weight is 255 g/mol. The quantitative estimate of drug-likeness (QED) is 0.896. The van der Waals surface area contributed by atoms with E-state index in [9.17, 15) is 13.6 Å². The predicted molar refractivity (Wildman–Crippen MR) is 59.0 cm³/mol. The van der Waals surface area contributed by atoms with Crippen LogP contribution in [0.1, 0.15) is 15.9 Å². The maximum Gasteiger partial charge on any atom is 0.259 e. The zero-order valence-corrected chi connectivity index (χ0v) is 9.52. The van der Waals surface area contributed by atoms with Gasteiger partial charge in [-0.3, -0.25) is 4.79 Å². The Morgan fingerprint density at radius 3 is 2.76 bits per heavy atom. The van der Waals surface area contributed by atoms with Crippen LogP contribution in [0.5, 0.6) is 0 Å². The fourth-order valence-electron chi connectivity index (χ4n) is 1.23. The Balaban J connectivity index is 2.28. The first-order valence-electron chi connectivity index (χ1n) is 4.62. The third kappa shape index (κ3) is 2.44. The monoisotopic (exact) mass is 255 g/mol. The van der Waals surface area contributed by atoms with Crippen LogP contribution in [0.15, 0.2) is 18.3 Å². The lowest BCUT2D eigenvalue weighted by atomic mass is 10.1. The first-order chi connectivity index (χ1) is 8.08. The Morgan fingerprint density at radius 1 is 1.35 bits per heavy atom. The van der Waals surface area contributed by atoms with Crippen molar-refractivity contribution in [3.05, 3.63) is 41.1 Å². The van der Waals surface area contributed by atoms with E-state index in [1.54, 1.807) is 0 Å². The maximum absolute atomic E-state index is 13.4. The predicted octanol–water partition coefficient (Wildman–Crippen LogP) is 2.38. The minimum absolute atomic E-state index is 0.207. The normalized spacial score (nSPS) is 10.3. The molecule has 0 aliphatic rings. The van der Waals surface area contributed by atoms with E-state index >= 15 is 0 Å². The first kappa shape index (κ1) is 11.6. The molecule has 1 heterocycles. The Bertz CT molecular complexity index is 557. The third-order valence-electron chi connectivity index (χ3n) is 2.09. The number of benzene rings is 1. The van der Waals surface area contributed by atoms with Gasteiger partial charge < -0.3 is 5.32 Å². The number of nitrogens with one attached hydrogen (secondary N) is 1. The molecule has 0 saturated carbocycles. The summed E-state index contributed by atoms with van der Waals surface area (Å²) in [6.07, 6.45) is 1.34. The van der Waals surface area contributed by atoms with E-state index in [1.807, 2.05) is 0 Å². The van der Waals surface area contributed by atoms with Crippen molar-refractivity contribution < 1.29 is 13.6 Å². The van der Waals surface area contributed by atoms with Crippen LogP contribution >= 0.6 is 11.5 Å². The summed E-state index contributed by atoms with van der Waals surface area (Å²) >= 11 is 0.970. The molecule has 0 radical (unpaired) electrons. The molecule has 1 aromatic carbocycles. The molecule has 0 aliphatic heterocycles. The second-order valence-electron chi connectivity index (χ2n) is 3.32.